The Morgan fingerprint density at radius 3 is 2.76 bits per heavy atom. The van der Waals surface area contributed by atoms with Gasteiger partial charge in [-0.05, 0) is 34.1 Å². The number of aliphatic hydroxyl groups excluding tert-OH is 1. The predicted octanol–water partition coefficient (Wildman–Crippen LogP) is 2.19. The van der Waals surface area contributed by atoms with E-state index in [9.17, 15) is 9.18 Å². The zero-order chi connectivity index (χ0) is 12.8. The van der Waals surface area contributed by atoms with Gasteiger partial charge in [0.15, 0.2) is 12.1 Å². The summed E-state index contributed by atoms with van der Waals surface area (Å²) in [4.78, 5) is 10.7. The Kier molecular flexibility index (Phi) is 4.99. The molecule has 1 heterocycles. The molecule has 0 aliphatic rings. The first-order valence-electron chi connectivity index (χ1n) is 4.62. The number of carbonyl (C=O) groups is 1. The van der Waals surface area contributed by atoms with Crippen LogP contribution in [-0.2, 0) is 0 Å². The molecule has 0 unspecified atom stereocenters. The topological polar surface area (TPSA) is 55.1 Å². The second-order valence-corrected chi connectivity index (χ2v) is 3.71. The minimum atomic E-state index is -0.440. The van der Waals surface area contributed by atoms with Gasteiger partial charge in [0.2, 0.25) is 0 Å². The summed E-state index contributed by atoms with van der Waals surface area (Å²) in [5.74, 6) is -0.440. The molecule has 1 aromatic heterocycles. The van der Waals surface area contributed by atoms with Crippen LogP contribution in [-0.4, -0.2) is 28.3 Å². The molecule has 0 fully saturated rings. The third-order valence-electron chi connectivity index (χ3n) is 1.95. The standard InChI is InChI=1S/C10H6BrFN2O.CH4O/c11-8-2-1-3-9(10(8)12)14-7(6-15)4-5-13-14;1-2/h1-6H;2H,1H3. The van der Waals surface area contributed by atoms with Crippen LogP contribution in [0, 0.1) is 5.82 Å². The van der Waals surface area contributed by atoms with Gasteiger partial charge in [-0.3, -0.25) is 4.79 Å². The van der Waals surface area contributed by atoms with Gasteiger partial charge in [-0.15, -0.1) is 0 Å². The molecule has 2 aromatic rings. The highest BCUT2D eigenvalue weighted by molar-refractivity contribution is 9.10. The average Bonchev–Trinajstić information content (AvgIpc) is 2.83. The maximum Gasteiger partial charge on any atom is 0.168 e. The number of hydrogen-bond donors (Lipinski definition) is 1. The zero-order valence-corrected chi connectivity index (χ0v) is 10.6. The number of aldehydes is 1. The van der Waals surface area contributed by atoms with Crippen molar-refractivity contribution in [3.05, 3.63) is 46.4 Å². The number of hydrogen-bond acceptors (Lipinski definition) is 3. The monoisotopic (exact) mass is 300 g/mol. The molecule has 6 heteroatoms. The maximum atomic E-state index is 13.7. The summed E-state index contributed by atoms with van der Waals surface area (Å²) in [5, 5.41) is 10.9. The van der Waals surface area contributed by atoms with Crippen LogP contribution in [0.5, 0.6) is 0 Å². The molecular formula is C11H10BrFN2O2. The van der Waals surface area contributed by atoms with Crippen LogP contribution in [0.1, 0.15) is 10.5 Å². The van der Waals surface area contributed by atoms with Crippen molar-refractivity contribution in [2.75, 3.05) is 7.11 Å². The van der Waals surface area contributed by atoms with E-state index in [2.05, 4.69) is 21.0 Å². The van der Waals surface area contributed by atoms with Crippen molar-refractivity contribution in [1.29, 1.82) is 0 Å². The molecule has 0 amide bonds. The summed E-state index contributed by atoms with van der Waals surface area (Å²) in [6, 6.07) is 6.34. The molecule has 0 radical (unpaired) electrons. The fourth-order valence-electron chi connectivity index (χ4n) is 1.26. The van der Waals surface area contributed by atoms with Gasteiger partial charge in [0.05, 0.1) is 10.7 Å². The fourth-order valence-corrected chi connectivity index (χ4v) is 1.62. The van der Waals surface area contributed by atoms with Crippen molar-refractivity contribution in [3.8, 4) is 5.69 Å². The van der Waals surface area contributed by atoms with Crippen LogP contribution in [0.2, 0.25) is 0 Å². The summed E-state index contributed by atoms with van der Waals surface area (Å²) >= 11 is 3.07. The Bertz CT molecular complexity index is 514. The predicted molar refractivity (Wildman–Crippen MR) is 64.8 cm³/mol. The Hall–Kier alpha value is -1.53. The van der Waals surface area contributed by atoms with E-state index < -0.39 is 5.82 Å². The molecule has 0 bridgehead atoms. The number of aliphatic hydroxyl groups is 1. The van der Waals surface area contributed by atoms with Crippen LogP contribution in [0.4, 0.5) is 4.39 Å². The van der Waals surface area contributed by atoms with Gasteiger partial charge in [0.1, 0.15) is 11.4 Å². The van der Waals surface area contributed by atoms with Crippen LogP contribution in [0.3, 0.4) is 0 Å². The van der Waals surface area contributed by atoms with Crippen molar-refractivity contribution in [2.24, 2.45) is 0 Å². The van der Waals surface area contributed by atoms with Crippen LogP contribution >= 0.6 is 15.9 Å². The molecule has 4 nitrogen and oxygen atoms in total. The summed E-state index contributed by atoms with van der Waals surface area (Å²) in [5.41, 5.74) is 0.559. The average molecular weight is 301 g/mol. The number of nitrogens with zero attached hydrogens (tertiary/aromatic N) is 2. The summed E-state index contributed by atoms with van der Waals surface area (Å²) in [7, 11) is 1.00. The molecule has 1 N–H and O–H groups in total. The van der Waals surface area contributed by atoms with Gasteiger partial charge in [-0.2, -0.15) is 5.10 Å². The van der Waals surface area contributed by atoms with Gasteiger partial charge in [0.25, 0.3) is 0 Å². The number of rotatable bonds is 2. The van der Waals surface area contributed by atoms with Gasteiger partial charge >= 0.3 is 0 Å². The minimum absolute atomic E-state index is 0.247. The van der Waals surface area contributed by atoms with Crippen LogP contribution in [0.25, 0.3) is 5.69 Å². The number of carbonyl (C=O) groups excluding carboxylic acids is 1. The van der Waals surface area contributed by atoms with E-state index in [0.717, 1.165) is 7.11 Å². The highest BCUT2D eigenvalue weighted by atomic mass is 79.9. The molecule has 0 aliphatic carbocycles. The lowest BCUT2D eigenvalue weighted by atomic mass is 10.3. The van der Waals surface area contributed by atoms with E-state index in [1.165, 1.54) is 16.9 Å². The quantitative estimate of drug-likeness (QED) is 0.865. The molecule has 0 spiro atoms. The maximum absolute atomic E-state index is 13.7. The first-order valence-corrected chi connectivity index (χ1v) is 5.41. The zero-order valence-electron chi connectivity index (χ0n) is 8.97. The van der Waals surface area contributed by atoms with Crippen LogP contribution < -0.4 is 0 Å². The Morgan fingerprint density at radius 2 is 2.12 bits per heavy atom. The highest BCUT2D eigenvalue weighted by Crippen LogP contribution is 2.21. The van der Waals surface area contributed by atoms with Crippen LogP contribution in [0.15, 0.2) is 34.9 Å². The summed E-state index contributed by atoms with van der Waals surface area (Å²) < 4.78 is 15.3. The molecule has 0 saturated heterocycles. The van der Waals surface area contributed by atoms with Gasteiger partial charge in [-0.1, -0.05) is 6.07 Å². The summed E-state index contributed by atoms with van der Waals surface area (Å²) in [6.07, 6.45) is 2.08. The van der Waals surface area contributed by atoms with Gasteiger partial charge in [0, 0.05) is 7.11 Å². The number of halogens is 2. The van der Waals surface area contributed by atoms with Crippen molar-refractivity contribution in [1.82, 2.24) is 9.78 Å². The van der Waals surface area contributed by atoms with E-state index in [0.29, 0.717) is 16.5 Å². The third kappa shape index (κ3) is 2.78. The number of benzene rings is 1. The lowest BCUT2D eigenvalue weighted by molar-refractivity contribution is 0.111. The molecule has 0 atom stereocenters. The fraction of sp³-hybridized carbons (Fsp3) is 0.0909. The van der Waals surface area contributed by atoms with Gasteiger partial charge < -0.3 is 5.11 Å². The van der Waals surface area contributed by atoms with E-state index in [4.69, 9.17) is 5.11 Å². The smallest absolute Gasteiger partial charge is 0.168 e. The summed E-state index contributed by atoms with van der Waals surface area (Å²) in [6.45, 7) is 0. The Balaban J connectivity index is 0.000000686. The molecular weight excluding hydrogens is 291 g/mol. The van der Waals surface area contributed by atoms with Crippen molar-refractivity contribution in [2.45, 2.75) is 0 Å². The molecule has 0 aliphatic heterocycles. The van der Waals surface area contributed by atoms with Crippen molar-refractivity contribution in [3.63, 3.8) is 0 Å². The Morgan fingerprint density at radius 1 is 1.41 bits per heavy atom. The third-order valence-corrected chi connectivity index (χ3v) is 2.56. The van der Waals surface area contributed by atoms with E-state index in [1.807, 2.05) is 0 Å². The largest absolute Gasteiger partial charge is 0.400 e. The van der Waals surface area contributed by atoms with E-state index >= 15 is 0 Å². The lowest BCUT2D eigenvalue weighted by Gasteiger charge is -2.05. The second kappa shape index (κ2) is 6.27. The minimum Gasteiger partial charge on any atom is -0.400 e. The second-order valence-electron chi connectivity index (χ2n) is 2.86. The Labute approximate surface area is 106 Å². The molecule has 2 rings (SSSR count). The van der Waals surface area contributed by atoms with E-state index in [-0.39, 0.29) is 5.69 Å². The molecule has 1 aromatic carbocycles. The van der Waals surface area contributed by atoms with E-state index in [1.54, 1.807) is 18.2 Å². The van der Waals surface area contributed by atoms with Crippen molar-refractivity contribution >= 4 is 22.2 Å². The van der Waals surface area contributed by atoms with Gasteiger partial charge in [-0.25, -0.2) is 9.07 Å². The van der Waals surface area contributed by atoms with Crippen molar-refractivity contribution < 1.29 is 14.3 Å². The SMILES string of the molecule is CO.O=Cc1ccnn1-c1cccc(Br)c1F. The molecule has 17 heavy (non-hydrogen) atoms. The first-order chi connectivity index (χ1) is 8.24. The lowest BCUT2D eigenvalue weighted by Crippen LogP contribution is -2.03. The highest BCUT2D eigenvalue weighted by Gasteiger charge is 2.10. The molecule has 0 saturated carbocycles. The molecule has 90 valence electrons. The first kappa shape index (κ1) is 13.5. The number of aromatic nitrogens is 2. The normalized spacial score (nSPS) is 9.41.